The number of hydrogen-bond donors (Lipinski definition) is 1. The lowest BCUT2D eigenvalue weighted by molar-refractivity contribution is 0.0696. The molecule has 2 aromatic carbocycles. The van der Waals surface area contributed by atoms with E-state index in [1.54, 1.807) is 24.3 Å². The molecule has 7 heteroatoms. The Morgan fingerprint density at radius 2 is 2.00 bits per heavy atom. The predicted octanol–water partition coefficient (Wildman–Crippen LogP) is 3.76. The lowest BCUT2D eigenvalue weighted by atomic mass is 10.1. The maximum Gasteiger partial charge on any atom is 0.335 e. The summed E-state index contributed by atoms with van der Waals surface area (Å²) in [5.74, 6) is -0.368. The summed E-state index contributed by atoms with van der Waals surface area (Å²) in [6.45, 7) is 0. The number of carboxylic acid groups (broad SMARTS) is 1. The molecule has 0 radical (unpaired) electrons. The van der Waals surface area contributed by atoms with E-state index in [4.69, 9.17) is 9.84 Å². The quantitative estimate of drug-likeness (QED) is 0.771. The maximum atomic E-state index is 12.9. The molecule has 0 aliphatic carbocycles. The van der Waals surface area contributed by atoms with Crippen molar-refractivity contribution in [3.05, 3.63) is 71.3 Å². The molecule has 5 nitrogen and oxygen atoms in total. The highest BCUT2D eigenvalue weighted by molar-refractivity contribution is 7.07. The zero-order valence-corrected chi connectivity index (χ0v) is 12.6. The first-order chi connectivity index (χ1) is 11.1. The number of aromatic carboxylic acids is 1. The molecule has 0 bridgehead atoms. The second kappa shape index (κ2) is 6.53. The molecule has 3 aromatic rings. The number of nitrogens with zero attached hydrogens (tertiary/aromatic N) is 2. The third kappa shape index (κ3) is 3.89. The molecule has 0 spiro atoms. The Hall–Kier alpha value is -2.80. The van der Waals surface area contributed by atoms with E-state index in [9.17, 15) is 9.18 Å². The van der Waals surface area contributed by atoms with Gasteiger partial charge in [-0.25, -0.2) is 9.18 Å². The lowest BCUT2D eigenvalue weighted by Crippen LogP contribution is -1.96. The highest BCUT2D eigenvalue weighted by Crippen LogP contribution is 2.24. The molecule has 0 saturated heterocycles. The highest BCUT2D eigenvalue weighted by Gasteiger charge is 2.09. The van der Waals surface area contributed by atoms with E-state index < -0.39 is 5.97 Å². The van der Waals surface area contributed by atoms with Crippen LogP contribution in [-0.2, 0) is 6.42 Å². The largest absolute Gasteiger partial charge is 0.478 e. The maximum absolute atomic E-state index is 12.9. The summed E-state index contributed by atoms with van der Waals surface area (Å²) < 4.78 is 22.6. The molecule has 1 heterocycles. The van der Waals surface area contributed by atoms with Crippen LogP contribution in [0.1, 0.15) is 21.7 Å². The van der Waals surface area contributed by atoms with Crippen molar-refractivity contribution in [3.8, 4) is 10.9 Å². The minimum absolute atomic E-state index is 0.138. The van der Waals surface area contributed by atoms with Gasteiger partial charge in [-0.2, -0.15) is 9.36 Å². The Balaban J connectivity index is 1.71. The van der Waals surface area contributed by atoms with Gasteiger partial charge in [-0.05, 0) is 35.9 Å². The summed E-state index contributed by atoms with van der Waals surface area (Å²) in [6.07, 6.45) is 0.468. The summed E-state index contributed by atoms with van der Waals surface area (Å²) in [7, 11) is 0. The average Bonchev–Trinajstić information content (AvgIpc) is 2.97. The van der Waals surface area contributed by atoms with Gasteiger partial charge in [0.05, 0.1) is 5.56 Å². The van der Waals surface area contributed by atoms with Crippen molar-refractivity contribution >= 4 is 17.5 Å². The number of carbonyl (C=O) groups is 1. The number of benzene rings is 2. The monoisotopic (exact) mass is 330 g/mol. The van der Waals surface area contributed by atoms with Crippen LogP contribution in [0.5, 0.6) is 10.9 Å². The average molecular weight is 330 g/mol. The number of carboxylic acids is 1. The van der Waals surface area contributed by atoms with E-state index in [1.807, 2.05) is 0 Å². The second-order valence-electron chi connectivity index (χ2n) is 4.71. The fourth-order valence-electron chi connectivity index (χ4n) is 1.93. The van der Waals surface area contributed by atoms with Crippen LogP contribution in [0, 0.1) is 5.82 Å². The molecule has 0 saturated carbocycles. The van der Waals surface area contributed by atoms with Crippen molar-refractivity contribution in [2.24, 2.45) is 0 Å². The molecule has 0 amide bonds. The Morgan fingerprint density at radius 3 is 2.74 bits per heavy atom. The molecule has 0 aliphatic heterocycles. The van der Waals surface area contributed by atoms with Crippen molar-refractivity contribution in [1.29, 1.82) is 0 Å². The van der Waals surface area contributed by atoms with Gasteiger partial charge in [-0.3, -0.25) is 0 Å². The van der Waals surface area contributed by atoms with E-state index in [0.29, 0.717) is 23.2 Å². The third-order valence-electron chi connectivity index (χ3n) is 3.01. The molecular formula is C16H11FN2O3S. The van der Waals surface area contributed by atoms with E-state index in [-0.39, 0.29) is 11.4 Å². The first-order valence-electron chi connectivity index (χ1n) is 6.68. The standard InChI is InChI=1S/C16H11FN2O3S/c17-12-6-4-10(5-7-12)8-14-18-16(23-19-14)22-13-3-1-2-11(9-13)15(20)21/h1-7,9H,8H2,(H,20,21). The van der Waals surface area contributed by atoms with Gasteiger partial charge in [0.15, 0.2) is 5.82 Å². The van der Waals surface area contributed by atoms with E-state index >= 15 is 0 Å². The van der Waals surface area contributed by atoms with Crippen LogP contribution in [0.2, 0.25) is 0 Å². The summed E-state index contributed by atoms with van der Waals surface area (Å²) in [4.78, 5) is 15.2. The van der Waals surface area contributed by atoms with Crippen LogP contribution in [-0.4, -0.2) is 20.4 Å². The Bertz CT molecular complexity index is 833. The van der Waals surface area contributed by atoms with Gasteiger partial charge in [0.25, 0.3) is 5.19 Å². The molecule has 23 heavy (non-hydrogen) atoms. The highest BCUT2D eigenvalue weighted by atomic mass is 32.1. The molecule has 1 N–H and O–H groups in total. The SMILES string of the molecule is O=C(O)c1cccc(Oc2nc(Cc3ccc(F)cc3)ns2)c1. The van der Waals surface area contributed by atoms with Crippen LogP contribution in [0.15, 0.2) is 48.5 Å². The zero-order valence-electron chi connectivity index (χ0n) is 11.8. The third-order valence-corrected chi connectivity index (χ3v) is 3.64. The fraction of sp³-hybridized carbons (Fsp3) is 0.0625. The van der Waals surface area contributed by atoms with Crippen molar-refractivity contribution < 1.29 is 19.0 Å². The van der Waals surface area contributed by atoms with Crippen LogP contribution < -0.4 is 4.74 Å². The Morgan fingerprint density at radius 1 is 1.22 bits per heavy atom. The second-order valence-corrected chi connectivity index (χ2v) is 5.43. The predicted molar refractivity (Wildman–Crippen MR) is 82.6 cm³/mol. The lowest BCUT2D eigenvalue weighted by Gasteiger charge is -2.01. The van der Waals surface area contributed by atoms with Gasteiger partial charge >= 0.3 is 5.97 Å². The number of hydrogen-bond acceptors (Lipinski definition) is 5. The number of ether oxygens (including phenoxy) is 1. The van der Waals surface area contributed by atoms with E-state index in [0.717, 1.165) is 17.1 Å². The minimum Gasteiger partial charge on any atom is -0.478 e. The van der Waals surface area contributed by atoms with Gasteiger partial charge in [0, 0.05) is 18.0 Å². The topological polar surface area (TPSA) is 72.3 Å². The van der Waals surface area contributed by atoms with Gasteiger partial charge in [0.1, 0.15) is 11.6 Å². The van der Waals surface area contributed by atoms with Crippen LogP contribution in [0.3, 0.4) is 0 Å². The molecule has 0 unspecified atom stereocenters. The van der Waals surface area contributed by atoms with Crippen molar-refractivity contribution in [1.82, 2.24) is 9.36 Å². The molecule has 1 aromatic heterocycles. The Labute approximate surface area is 135 Å². The summed E-state index contributed by atoms with van der Waals surface area (Å²) in [5.41, 5.74) is 1.03. The smallest absolute Gasteiger partial charge is 0.335 e. The van der Waals surface area contributed by atoms with Crippen LogP contribution >= 0.6 is 11.5 Å². The van der Waals surface area contributed by atoms with E-state index in [2.05, 4.69) is 9.36 Å². The first-order valence-corrected chi connectivity index (χ1v) is 7.46. The molecule has 116 valence electrons. The van der Waals surface area contributed by atoms with E-state index in [1.165, 1.54) is 24.3 Å². The summed E-state index contributed by atoms with van der Waals surface area (Å²) in [6, 6.07) is 12.3. The molecule has 0 fully saturated rings. The number of aromatic nitrogens is 2. The zero-order chi connectivity index (χ0) is 16.2. The number of halogens is 1. The Kier molecular flexibility index (Phi) is 4.29. The van der Waals surface area contributed by atoms with Gasteiger partial charge < -0.3 is 9.84 Å². The van der Waals surface area contributed by atoms with Crippen molar-refractivity contribution in [2.75, 3.05) is 0 Å². The van der Waals surface area contributed by atoms with Gasteiger partial charge in [0.2, 0.25) is 0 Å². The molecule has 0 atom stereocenters. The van der Waals surface area contributed by atoms with Crippen molar-refractivity contribution in [3.63, 3.8) is 0 Å². The molecular weight excluding hydrogens is 319 g/mol. The minimum atomic E-state index is -1.02. The summed E-state index contributed by atoms with van der Waals surface area (Å²) in [5, 5.41) is 9.28. The van der Waals surface area contributed by atoms with Crippen molar-refractivity contribution in [2.45, 2.75) is 6.42 Å². The fourth-order valence-corrected chi connectivity index (χ4v) is 2.50. The van der Waals surface area contributed by atoms with Crippen LogP contribution in [0.25, 0.3) is 0 Å². The molecule has 3 rings (SSSR count). The van der Waals surface area contributed by atoms with Gasteiger partial charge in [-0.15, -0.1) is 0 Å². The van der Waals surface area contributed by atoms with Crippen LogP contribution in [0.4, 0.5) is 4.39 Å². The normalized spacial score (nSPS) is 10.5. The summed E-state index contributed by atoms with van der Waals surface area (Å²) >= 11 is 1.08. The number of rotatable bonds is 5. The molecule has 0 aliphatic rings. The van der Waals surface area contributed by atoms with Gasteiger partial charge in [-0.1, -0.05) is 18.2 Å². The first kappa shape index (κ1) is 15.1.